The van der Waals surface area contributed by atoms with E-state index in [0.717, 1.165) is 18.7 Å². The summed E-state index contributed by atoms with van der Waals surface area (Å²) in [7, 11) is 0. The first kappa shape index (κ1) is 15.2. The highest BCUT2D eigenvalue weighted by molar-refractivity contribution is 7.09. The predicted molar refractivity (Wildman–Crippen MR) is 96.5 cm³/mol. The predicted octanol–water partition coefficient (Wildman–Crippen LogP) is 4.89. The molecule has 2 nitrogen and oxygen atoms in total. The lowest BCUT2D eigenvalue weighted by Gasteiger charge is -2.09. The zero-order chi connectivity index (χ0) is 15.4. The van der Waals surface area contributed by atoms with Crippen molar-refractivity contribution in [3.8, 4) is 11.3 Å². The Kier molecular flexibility index (Phi) is 4.86. The van der Waals surface area contributed by atoms with Gasteiger partial charge in [-0.15, -0.1) is 11.3 Å². The number of thiazole rings is 1. The van der Waals surface area contributed by atoms with Gasteiger partial charge in [0.2, 0.25) is 0 Å². The topological polar surface area (TPSA) is 24.9 Å². The van der Waals surface area contributed by atoms with Gasteiger partial charge in [0.05, 0.1) is 10.7 Å². The van der Waals surface area contributed by atoms with Gasteiger partial charge in [-0.05, 0) is 30.2 Å². The first-order valence-corrected chi connectivity index (χ1v) is 8.81. The maximum atomic E-state index is 4.79. The van der Waals surface area contributed by atoms with Crippen molar-refractivity contribution in [1.82, 2.24) is 10.3 Å². The number of aromatic nitrogens is 1. The molecule has 0 amide bonds. The van der Waals surface area contributed by atoms with Crippen molar-refractivity contribution < 1.29 is 0 Å². The molecule has 114 valence electrons. The van der Waals surface area contributed by atoms with Crippen molar-refractivity contribution in [2.45, 2.75) is 32.7 Å². The van der Waals surface area contributed by atoms with E-state index in [1.165, 1.54) is 27.8 Å². The van der Waals surface area contributed by atoms with Gasteiger partial charge in [-0.2, -0.15) is 0 Å². The van der Waals surface area contributed by atoms with Gasteiger partial charge < -0.3 is 5.32 Å². The third kappa shape index (κ3) is 3.54. The van der Waals surface area contributed by atoms with E-state index in [9.17, 15) is 0 Å². The zero-order valence-electron chi connectivity index (χ0n) is 13.2. The third-order valence-corrected chi connectivity index (χ3v) is 4.95. The second-order valence-corrected chi connectivity index (χ2v) is 6.64. The second kappa shape index (κ2) is 7.03. The fraction of sp³-hybridized carbons (Fsp3) is 0.316. The molecule has 0 aliphatic heterocycles. The fourth-order valence-corrected chi connectivity index (χ4v) is 3.28. The summed E-state index contributed by atoms with van der Waals surface area (Å²) in [6.07, 6.45) is 2.17. The van der Waals surface area contributed by atoms with E-state index in [1.807, 2.05) is 0 Å². The molecule has 3 rings (SSSR count). The highest BCUT2D eigenvalue weighted by Gasteiger charge is 2.06. The van der Waals surface area contributed by atoms with Crippen LogP contribution >= 0.6 is 11.3 Å². The Hall–Kier alpha value is -1.71. The van der Waals surface area contributed by atoms with Gasteiger partial charge in [-0.3, -0.25) is 0 Å². The molecule has 3 heteroatoms. The number of nitrogens with one attached hydrogen (secondary N) is 1. The summed E-state index contributed by atoms with van der Waals surface area (Å²) in [5.74, 6) is 0. The largest absolute Gasteiger partial charge is 0.314 e. The summed E-state index contributed by atoms with van der Waals surface area (Å²) >= 11 is 1.76. The minimum atomic E-state index is 0.583. The molecule has 0 aliphatic carbocycles. The lowest BCUT2D eigenvalue weighted by molar-refractivity contribution is 0.537. The fourth-order valence-electron chi connectivity index (χ4n) is 2.48. The van der Waals surface area contributed by atoms with Crippen LogP contribution < -0.4 is 5.32 Å². The average Bonchev–Trinajstić information content (AvgIpc) is 3.03. The molecule has 0 bridgehead atoms. The number of hydrogen-bond acceptors (Lipinski definition) is 3. The van der Waals surface area contributed by atoms with Crippen LogP contribution in [0.4, 0.5) is 0 Å². The Morgan fingerprint density at radius 2 is 1.95 bits per heavy atom. The van der Waals surface area contributed by atoms with Crippen molar-refractivity contribution in [3.63, 3.8) is 0 Å². The minimum absolute atomic E-state index is 0.583. The number of nitrogens with zero attached hydrogens (tertiary/aromatic N) is 1. The molecular weight excluding hydrogens is 288 g/mol. The molecule has 0 spiro atoms. The summed E-state index contributed by atoms with van der Waals surface area (Å²) < 4.78 is 0. The second-order valence-electron chi connectivity index (χ2n) is 5.70. The van der Waals surface area contributed by atoms with Gasteiger partial charge in [0.25, 0.3) is 0 Å². The summed E-state index contributed by atoms with van der Waals surface area (Å²) in [5, 5.41) is 9.45. The van der Waals surface area contributed by atoms with E-state index >= 15 is 0 Å². The quantitative estimate of drug-likeness (QED) is 0.701. The van der Waals surface area contributed by atoms with Crippen LogP contribution in [0.25, 0.3) is 22.0 Å². The molecule has 0 saturated carbocycles. The van der Waals surface area contributed by atoms with Crippen LogP contribution in [0, 0.1) is 0 Å². The standard InChI is InChI=1S/C19H22N2S/c1-3-14(2)20-11-10-19-21-18(13-22-19)17-9-8-15-6-4-5-7-16(15)12-17/h4-9,12-14,20H,3,10-11H2,1-2H3. The number of benzene rings is 2. The summed E-state index contributed by atoms with van der Waals surface area (Å²) in [6, 6.07) is 15.6. The van der Waals surface area contributed by atoms with Gasteiger partial charge in [0.15, 0.2) is 0 Å². The maximum absolute atomic E-state index is 4.79. The maximum Gasteiger partial charge on any atom is 0.0945 e. The van der Waals surface area contributed by atoms with Crippen molar-refractivity contribution >= 4 is 22.1 Å². The van der Waals surface area contributed by atoms with Crippen LogP contribution in [-0.2, 0) is 6.42 Å². The van der Waals surface area contributed by atoms with E-state index in [2.05, 4.69) is 67.0 Å². The SMILES string of the molecule is CCC(C)NCCc1nc(-c2ccc3ccccc3c2)cs1. The van der Waals surface area contributed by atoms with Crippen molar-refractivity contribution in [1.29, 1.82) is 0 Å². The van der Waals surface area contributed by atoms with Gasteiger partial charge >= 0.3 is 0 Å². The molecule has 3 aromatic rings. The first-order chi connectivity index (χ1) is 10.8. The summed E-state index contributed by atoms with van der Waals surface area (Å²) in [6.45, 7) is 5.43. The van der Waals surface area contributed by atoms with Crippen LogP contribution in [0.3, 0.4) is 0 Å². The number of fused-ring (bicyclic) bond motifs is 1. The Bertz CT molecular complexity index is 748. The summed E-state index contributed by atoms with van der Waals surface area (Å²) in [5.41, 5.74) is 2.30. The smallest absolute Gasteiger partial charge is 0.0945 e. The molecule has 1 unspecified atom stereocenters. The highest BCUT2D eigenvalue weighted by atomic mass is 32.1. The van der Waals surface area contributed by atoms with E-state index in [4.69, 9.17) is 4.98 Å². The molecule has 0 radical (unpaired) electrons. The molecular formula is C19H22N2S. The van der Waals surface area contributed by atoms with Crippen LogP contribution in [-0.4, -0.2) is 17.6 Å². The van der Waals surface area contributed by atoms with Crippen molar-refractivity contribution in [3.05, 3.63) is 52.9 Å². The van der Waals surface area contributed by atoms with Gasteiger partial charge in [0.1, 0.15) is 0 Å². The number of hydrogen-bond donors (Lipinski definition) is 1. The van der Waals surface area contributed by atoms with E-state index in [-0.39, 0.29) is 0 Å². The Morgan fingerprint density at radius 3 is 2.77 bits per heavy atom. The van der Waals surface area contributed by atoms with Crippen LogP contribution in [0.5, 0.6) is 0 Å². The molecule has 1 atom stereocenters. The molecule has 1 heterocycles. The molecule has 0 fully saturated rings. The Balaban J connectivity index is 1.72. The van der Waals surface area contributed by atoms with E-state index in [1.54, 1.807) is 11.3 Å². The van der Waals surface area contributed by atoms with Crippen molar-refractivity contribution in [2.75, 3.05) is 6.54 Å². The monoisotopic (exact) mass is 310 g/mol. The molecule has 2 aromatic carbocycles. The van der Waals surface area contributed by atoms with Crippen LogP contribution in [0.2, 0.25) is 0 Å². The Labute approximate surface area is 136 Å². The molecule has 22 heavy (non-hydrogen) atoms. The normalized spacial score (nSPS) is 12.6. The van der Waals surface area contributed by atoms with Crippen molar-refractivity contribution in [2.24, 2.45) is 0 Å². The zero-order valence-corrected chi connectivity index (χ0v) is 14.0. The summed E-state index contributed by atoms with van der Waals surface area (Å²) in [4.78, 5) is 4.79. The van der Waals surface area contributed by atoms with Crippen LogP contribution in [0.15, 0.2) is 47.8 Å². The van der Waals surface area contributed by atoms with Gasteiger partial charge in [-0.1, -0.05) is 43.3 Å². The Morgan fingerprint density at radius 1 is 1.14 bits per heavy atom. The average molecular weight is 310 g/mol. The lowest BCUT2D eigenvalue weighted by Crippen LogP contribution is -2.27. The van der Waals surface area contributed by atoms with E-state index < -0.39 is 0 Å². The minimum Gasteiger partial charge on any atom is -0.314 e. The number of rotatable bonds is 6. The van der Waals surface area contributed by atoms with Gasteiger partial charge in [-0.25, -0.2) is 4.98 Å². The molecule has 0 saturated heterocycles. The molecule has 0 aliphatic rings. The molecule has 1 N–H and O–H groups in total. The third-order valence-electron chi connectivity index (χ3n) is 4.04. The lowest BCUT2D eigenvalue weighted by atomic mass is 10.1. The highest BCUT2D eigenvalue weighted by Crippen LogP contribution is 2.25. The van der Waals surface area contributed by atoms with Crippen LogP contribution in [0.1, 0.15) is 25.3 Å². The first-order valence-electron chi connectivity index (χ1n) is 7.93. The van der Waals surface area contributed by atoms with E-state index in [0.29, 0.717) is 6.04 Å². The molecule has 1 aromatic heterocycles. The van der Waals surface area contributed by atoms with Gasteiger partial charge in [0, 0.05) is 30.0 Å².